The summed E-state index contributed by atoms with van der Waals surface area (Å²) in [5, 5.41) is 0. The van der Waals surface area contributed by atoms with Crippen LogP contribution in [0, 0.1) is 0 Å². The molecule has 0 aliphatic carbocycles. The molecule has 0 aromatic carbocycles. The maximum Gasteiger partial charge on any atom is 0.154 e. The van der Waals surface area contributed by atoms with E-state index in [0.29, 0.717) is 0 Å². The van der Waals surface area contributed by atoms with Crippen molar-refractivity contribution in [2.45, 2.75) is 33.6 Å². The van der Waals surface area contributed by atoms with Crippen molar-refractivity contribution < 1.29 is 4.79 Å². The number of carbonyl (C=O) groups is 1. The van der Waals surface area contributed by atoms with Crippen LogP contribution in [0.1, 0.15) is 33.6 Å². The molecule has 0 spiro atoms. The maximum atomic E-state index is 10.6. The van der Waals surface area contributed by atoms with Crippen molar-refractivity contribution in [3.8, 4) is 0 Å². The van der Waals surface area contributed by atoms with E-state index in [2.05, 4.69) is 18.7 Å². The Balaban J connectivity index is 3.84. The zero-order valence-electron chi connectivity index (χ0n) is 8.34. The molecule has 2 nitrogen and oxygen atoms in total. The van der Waals surface area contributed by atoms with Gasteiger partial charge in [0.25, 0.3) is 0 Å². The Bertz CT molecular complexity index is 146. The first-order valence-corrected chi connectivity index (χ1v) is 4.63. The molecule has 0 aliphatic heterocycles. The first kappa shape index (κ1) is 11.2. The Kier molecular flexibility index (Phi) is 6.44. The van der Waals surface area contributed by atoms with Crippen LogP contribution >= 0.6 is 0 Å². The number of ketones is 1. The second-order valence-corrected chi connectivity index (χ2v) is 2.96. The van der Waals surface area contributed by atoms with E-state index in [1.54, 1.807) is 13.0 Å². The Morgan fingerprint density at radius 1 is 1.25 bits per heavy atom. The summed E-state index contributed by atoms with van der Waals surface area (Å²) in [5.74, 6) is 0.118. The summed E-state index contributed by atoms with van der Waals surface area (Å²) in [4.78, 5) is 12.8. The lowest BCUT2D eigenvalue weighted by atomic mass is 10.3. The summed E-state index contributed by atoms with van der Waals surface area (Å²) in [6.45, 7) is 7.94. The first-order valence-electron chi connectivity index (χ1n) is 4.63. The van der Waals surface area contributed by atoms with Crippen LogP contribution in [0.25, 0.3) is 0 Å². The van der Waals surface area contributed by atoms with Gasteiger partial charge in [-0.2, -0.15) is 0 Å². The fourth-order valence-electron chi connectivity index (χ4n) is 1.05. The lowest BCUT2D eigenvalue weighted by molar-refractivity contribution is -0.112. The molecule has 0 saturated heterocycles. The molecule has 0 N–H and O–H groups in total. The van der Waals surface area contributed by atoms with Crippen LogP contribution < -0.4 is 0 Å². The molecule has 0 fully saturated rings. The molecule has 0 saturated carbocycles. The van der Waals surface area contributed by atoms with Gasteiger partial charge in [-0.05, 0) is 25.8 Å². The highest BCUT2D eigenvalue weighted by atomic mass is 16.1. The molecule has 0 heterocycles. The van der Waals surface area contributed by atoms with Gasteiger partial charge in [-0.3, -0.25) is 4.79 Å². The number of rotatable bonds is 6. The van der Waals surface area contributed by atoms with Crippen LogP contribution in [-0.2, 0) is 4.79 Å². The van der Waals surface area contributed by atoms with Crippen LogP contribution in [0.3, 0.4) is 0 Å². The van der Waals surface area contributed by atoms with Crippen molar-refractivity contribution in [3.63, 3.8) is 0 Å². The highest BCUT2D eigenvalue weighted by molar-refractivity contribution is 5.87. The monoisotopic (exact) mass is 169 g/mol. The van der Waals surface area contributed by atoms with E-state index in [1.165, 1.54) is 0 Å². The summed E-state index contributed by atoms with van der Waals surface area (Å²) < 4.78 is 0. The fourth-order valence-corrected chi connectivity index (χ4v) is 1.05. The van der Waals surface area contributed by atoms with Crippen LogP contribution in [0.5, 0.6) is 0 Å². The van der Waals surface area contributed by atoms with Crippen molar-refractivity contribution in [2.75, 3.05) is 13.1 Å². The molecule has 0 radical (unpaired) electrons. The highest BCUT2D eigenvalue weighted by Gasteiger charge is 1.94. The molecule has 0 aromatic heterocycles. The molecule has 70 valence electrons. The van der Waals surface area contributed by atoms with E-state index in [4.69, 9.17) is 0 Å². The van der Waals surface area contributed by atoms with E-state index >= 15 is 0 Å². The minimum absolute atomic E-state index is 0.118. The molecule has 0 aromatic rings. The fraction of sp³-hybridized carbons (Fsp3) is 0.700. The predicted octanol–water partition coefficient (Wildman–Crippen LogP) is 2.21. The highest BCUT2D eigenvalue weighted by Crippen LogP contribution is 1.95. The van der Waals surface area contributed by atoms with E-state index in [-0.39, 0.29) is 5.78 Å². The largest absolute Gasteiger partial charge is 0.377 e. The van der Waals surface area contributed by atoms with Gasteiger partial charge in [0.15, 0.2) is 5.78 Å². The Morgan fingerprint density at radius 2 is 1.75 bits per heavy atom. The molecule has 0 unspecified atom stereocenters. The third-order valence-corrected chi connectivity index (χ3v) is 1.54. The van der Waals surface area contributed by atoms with Crippen molar-refractivity contribution >= 4 is 5.78 Å². The van der Waals surface area contributed by atoms with Gasteiger partial charge in [0, 0.05) is 19.3 Å². The van der Waals surface area contributed by atoms with Crippen molar-refractivity contribution in [1.82, 2.24) is 4.90 Å². The van der Waals surface area contributed by atoms with Gasteiger partial charge in [-0.25, -0.2) is 0 Å². The second kappa shape index (κ2) is 6.89. The summed E-state index contributed by atoms with van der Waals surface area (Å²) in [6, 6.07) is 0. The molecule has 2 heteroatoms. The van der Waals surface area contributed by atoms with Gasteiger partial charge in [-0.15, -0.1) is 0 Å². The quantitative estimate of drug-likeness (QED) is 0.568. The minimum Gasteiger partial charge on any atom is -0.377 e. The summed E-state index contributed by atoms with van der Waals surface area (Å²) in [7, 11) is 0. The van der Waals surface area contributed by atoms with E-state index in [1.807, 2.05) is 6.20 Å². The molecule has 0 amide bonds. The van der Waals surface area contributed by atoms with Crippen LogP contribution in [0.4, 0.5) is 0 Å². The van der Waals surface area contributed by atoms with Gasteiger partial charge >= 0.3 is 0 Å². The molecular formula is C10H19NO. The molecule has 0 bridgehead atoms. The standard InChI is InChI=1S/C10H19NO/c1-4-7-11(8-5-2)9-6-10(3)12/h6,9H,4-5,7-8H2,1-3H3. The Labute approximate surface area is 75.3 Å². The number of hydrogen-bond donors (Lipinski definition) is 0. The van der Waals surface area contributed by atoms with Gasteiger partial charge in [0.2, 0.25) is 0 Å². The smallest absolute Gasteiger partial charge is 0.154 e. The zero-order valence-corrected chi connectivity index (χ0v) is 8.34. The van der Waals surface area contributed by atoms with E-state index in [9.17, 15) is 4.79 Å². The van der Waals surface area contributed by atoms with Gasteiger partial charge in [-0.1, -0.05) is 13.8 Å². The second-order valence-electron chi connectivity index (χ2n) is 2.96. The van der Waals surface area contributed by atoms with Crippen molar-refractivity contribution in [1.29, 1.82) is 0 Å². The van der Waals surface area contributed by atoms with Gasteiger partial charge < -0.3 is 4.90 Å². The average molecular weight is 169 g/mol. The predicted molar refractivity (Wildman–Crippen MR) is 52.0 cm³/mol. The topological polar surface area (TPSA) is 20.3 Å². The summed E-state index contributed by atoms with van der Waals surface area (Å²) in [6.07, 6.45) is 5.78. The third kappa shape index (κ3) is 5.96. The first-order chi connectivity index (χ1) is 5.70. The normalized spacial score (nSPS) is 10.6. The van der Waals surface area contributed by atoms with Gasteiger partial charge in [0.05, 0.1) is 0 Å². The average Bonchev–Trinajstić information content (AvgIpc) is 2.01. The minimum atomic E-state index is 0.118. The van der Waals surface area contributed by atoms with Crippen LogP contribution in [0.15, 0.2) is 12.3 Å². The number of hydrogen-bond acceptors (Lipinski definition) is 2. The Morgan fingerprint density at radius 3 is 2.08 bits per heavy atom. The molecule has 0 aliphatic rings. The van der Waals surface area contributed by atoms with Crippen molar-refractivity contribution in [3.05, 3.63) is 12.3 Å². The molecular weight excluding hydrogens is 150 g/mol. The Hall–Kier alpha value is -0.790. The van der Waals surface area contributed by atoms with Crippen molar-refractivity contribution in [2.24, 2.45) is 0 Å². The lowest BCUT2D eigenvalue weighted by Gasteiger charge is -2.17. The van der Waals surface area contributed by atoms with E-state index < -0.39 is 0 Å². The SMILES string of the molecule is CCCN(C=CC(C)=O)CCC. The molecule has 0 rings (SSSR count). The van der Waals surface area contributed by atoms with E-state index in [0.717, 1.165) is 25.9 Å². The lowest BCUT2D eigenvalue weighted by Crippen LogP contribution is -2.19. The maximum absolute atomic E-state index is 10.6. The zero-order chi connectivity index (χ0) is 9.40. The van der Waals surface area contributed by atoms with Crippen LogP contribution in [-0.4, -0.2) is 23.8 Å². The number of carbonyl (C=O) groups excluding carboxylic acids is 1. The van der Waals surface area contributed by atoms with Crippen LogP contribution in [0.2, 0.25) is 0 Å². The third-order valence-electron chi connectivity index (χ3n) is 1.54. The molecule has 0 atom stereocenters. The van der Waals surface area contributed by atoms with Gasteiger partial charge in [0.1, 0.15) is 0 Å². The number of nitrogens with zero attached hydrogens (tertiary/aromatic N) is 1. The summed E-state index contributed by atoms with van der Waals surface area (Å²) in [5.41, 5.74) is 0. The summed E-state index contributed by atoms with van der Waals surface area (Å²) >= 11 is 0. The molecule has 12 heavy (non-hydrogen) atoms. The number of allylic oxidation sites excluding steroid dienone is 1.